The van der Waals surface area contributed by atoms with Crippen LogP contribution < -0.4 is 5.73 Å². The molecule has 1 aromatic heterocycles. The maximum absolute atomic E-state index is 12.1. The van der Waals surface area contributed by atoms with Gasteiger partial charge in [-0.2, -0.15) is 0 Å². The molecule has 2 rings (SSSR count). The van der Waals surface area contributed by atoms with E-state index in [1.54, 1.807) is 17.3 Å². The van der Waals surface area contributed by atoms with Crippen LogP contribution >= 0.6 is 0 Å². The van der Waals surface area contributed by atoms with Crippen LogP contribution in [-0.2, 0) is 11.3 Å². The van der Waals surface area contributed by atoms with Crippen molar-refractivity contribution in [3.8, 4) is 0 Å². The van der Waals surface area contributed by atoms with Gasteiger partial charge in [0.05, 0.1) is 6.54 Å². The Morgan fingerprint density at radius 2 is 2.05 bits per heavy atom. The van der Waals surface area contributed by atoms with Crippen LogP contribution in [0.15, 0.2) is 24.5 Å². The molecule has 1 fully saturated rings. The molecule has 0 bridgehead atoms. The number of likely N-dealkylation sites (N-methyl/N-ethyl adjacent to an activating group) is 1. The second-order valence-corrected chi connectivity index (χ2v) is 5.22. The zero-order chi connectivity index (χ0) is 13.7. The number of carbonyl (C=O) groups is 1. The van der Waals surface area contributed by atoms with E-state index in [1.165, 1.54) is 0 Å². The zero-order valence-corrected chi connectivity index (χ0v) is 11.5. The Bertz CT molecular complexity index is 401. The van der Waals surface area contributed by atoms with E-state index in [0.717, 1.165) is 31.5 Å². The lowest BCUT2D eigenvalue weighted by molar-refractivity contribution is -0.131. The van der Waals surface area contributed by atoms with Gasteiger partial charge >= 0.3 is 0 Å². The number of rotatable bonds is 4. The summed E-state index contributed by atoms with van der Waals surface area (Å²) in [6.45, 7) is 2.98. The molecule has 1 saturated heterocycles. The molecule has 1 aliphatic rings. The maximum atomic E-state index is 12.1. The van der Waals surface area contributed by atoms with Crippen molar-refractivity contribution < 1.29 is 4.79 Å². The van der Waals surface area contributed by atoms with Gasteiger partial charge in [-0.15, -0.1) is 0 Å². The van der Waals surface area contributed by atoms with E-state index in [9.17, 15) is 4.79 Å². The number of carbonyl (C=O) groups excluding carboxylic acids is 1. The molecular formula is C14H22N4O. The van der Waals surface area contributed by atoms with E-state index < -0.39 is 0 Å². The smallest absolute Gasteiger partial charge is 0.236 e. The summed E-state index contributed by atoms with van der Waals surface area (Å²) in [6, 6.07) is 4.17. The van der Waals surface area contributed by atoms with Crippen LogP contribution in [0.5, 0.6) is 0 Å². The molecule has 1 amide bonds. The highest BCUT2D eigenvalue weighted by Gasteiger charge is 2.19. The highest BCUT2D eigenvalue weighted by atomic mass is 16.2. The minimum atomic E-state index is 0.160. The molecule has 104 valence electrons. The van der Waals surface area contributed by atoms with Crippen LogP contribution in [0.1, 0.15) is 18.4 Å². The van der Waals surface area contributed by atoms with E-state index in [4.69, 9.17) is 5.73 Å². The SMILES string of the molecule is CN(Cc1ccncc1)C(=O)CN1CCC(N)CC1. The van der Waals surface area contributed by atoms with Crippen molar-refractivity contribution in [3.05, 3.63) is 30.1 Å². The van der Waals surface area contributed by atoms with Gasteiger partial charge in [0.2, 0.25) is 5.91 Å². The Labute approximate surface area is 114 Å². The van der Waals surface area contributed by atoms with Crippen molar-refractivity contribution in [1.82, 2.24) is 14.8 Å². The van der Waals surface area contributed by atoms with E-state index >= 15 is 0 Å². The van der Waals surface area contributed by atoms with Gasteiger partial charge in [-0.1, -0.05) is 0 Å². The van der Waals surface area contributed by atoms with Gasteiger partial charge in [-0.05, 0) is 30.5 Å². The van der Waals surface area contributed by atoms with Gasteiger partial charge in [-0.3, -0.25) is 14.7 Å². The first-order valence-corrected chi connectivity index (χ1v) is 6.76. The molecule has 0 atom stereocenters. The molecule has 5 nitrogen and oxygen atoms in total. The number of nitrogens with zero attached hydrogens (tertiary/aromatic N) is 3. The molecule has 1 aromatic rings. The lowest BCUT2D eigenvalue weighted by atomic mass is 10.1. The molecule has 5 heteroatoms. The molecule has 1 aliphatic heterocycles. The summed E-state index contributed by atoms with van der Waals surface area (Å²) >= 11 is 0. The third kappa shape index (κ3) is 4.29. The average Bonchev–Trinajstić information content (AvgIpc) is 2.42. The number of aromatic nitrogens is 1. The second kappa shape index (κ2) is 6.63. The van der Waals surface area contributed by atoms with Crippen molar-refractivity contribution in [2.24, 2.45) is 5.73 Å². The third-order valence-corrected chi connectivity index (χ3v) is 3.59. The number of hydrogen-bond acceptors (Lipinski definition) is 4. The average molecular weight is 262 g/mol. The molecule has 2 heterocycles. The van der Waals surface area contributed by atoms with E-state index in [0.29, 0.717) is 19.1 Å². The zero-order valence-electron chi connectivity index (χ0n) is 11.5. The molecule has 19 heavy (non-hydrogen) atoms. The number of pyridine rings is 1. The van der Waals surface area contributed by atoms with Crippen LogP contribution in [-0.4, -0.2) is 53.4 Å². The van der Waals surface area contributed by atoms with Crippen molar-refractivity contribution >= 4 is 5.91 Å². The maximum Gasteiger partial charge on any atom is 0.236 e. The molecule has 0 saturated carbocycles. The Kier molecular flexibility index (Phi) is 4.87. The van der Waals surface area contributed by atoms with Gasteiger partial charge in [0.15, 0.2) is 0 Å². The van der Waals surface area contributed by atoms with Crippen LogP contribution in [0.4, 0.5) is 0 Å². The summed E-state index contributed by atoms with van der Waals surface area (Å²) in [5, 5.41) is 0. The first-order chi connectivity index (χ1) is 9.15. The fraction of sp³-hybridized carbons (Fsp3) is 0.571. The van der Waals surface area contributed by atoms with Gasteiger partial charge < -0.3 is 10.6 Å². The summed E-state index contributed by atoms with van der Waals surface area (Å²) < 4.78 is 0. The quantitative estimate of drug-likeness (QED) is 0.856. The minimum Gasteiger partial charge on any atom is -0.340 e. The minimum absolute atomic E-state index is 0.160. The lowest BCUT2D eigenvalue weighted by Crippen LogP contribution is -2.44. The summed E-state index contributed by atoms with van der Waals surface area (Å²) in [5.74, 6) is 0.160. The molecule has 0 unspecified atom stereocenters. The Morgan fingerprint density at radius 1 is 1.42 bits per heavy atom. The topological polar surface area (TPSA) is 62.5 Å². The molecule has 0 aromatic carbocycles. The first kappa shape index (κ1) is 14.0. The van der Waals surface area contributed by atoms with Crippen LogP contribution in [0.25, 0.3) is 0 Å². The van der Waals surface area contributed by atoms with Gasteiger partial charge in [0, 0.05) is 45.1 Å². The van der Waals surface area contributed by atoms with E-state index in [1.807, 2.05) is 19.2 Å². The summed E-state index contributed by atoms with van der Waals surface area (Å²) in [6.07, 6.45) is 5.47. The van der Waals surface area contributed by atoms with Gasteiger partial charge in [0.1, 0.15) is 0 Å². The fourth-order valence-corrected chi connectivity index (χ4v) is 2.27. The number of piperidine rings is 1. The predicted octanol–water partition coefficient (Wildman–Crippen LogP) is 0.463. The standard InChI is InChI=1S/C14H22N4O/c1-17(10-12-2-6-16-7-3-12)14(19)11-18-8-4-13(15)5-9-18/h2-3,6-7,13H,4-5,8-11,15H2,1H3. The highest BCUT2D eigenvalue weighted by Crippen LogP contribution is 2.09. The van der Waals surface area contributed by atoms with Crippen LogP contribution in [0, 0.1) is 0 Å². The molecule has 0 radical (unpaired) electrons. The second-order valence-electron chi connectivity index (χ2n) is 5.22. The first-order valence-electron chi connectivity index (χ1n) is 6.76. The van der Waals surface area contributed by atoms with E-state index in [2.05, 4.69) is 9.88 Å². The normalized spacial score (nSPS) is 17.4. The number of likely N-dealkylation sites (tertiary alicyclic amines) is 1. The fourth-order valence-electron chi connectivity index (χ4n) is 2.27. The Morgan fingerprint density at radius 3 is 2.68 bits per heavy atom. The Balaban J connectivity index is 1.79. The van der Waals surface area contributed by atoms with Gasteiger partial charge in [-0.25, -0.2) is 0 Å². The van der Waals surface area contributed by atoms with Crippen molar-refractivity contribution in [1.29, 1.82) is 0 Å². The summed E-state index contributed by atoms with van der Waals surface area (Å²) in [4.78, 5) is 20.1. The molecule has 0 spiro atoms. The number of amides is 1. The van der Waals surface area contributed by atoms with E-state index in [-0.39, 0.29) is 5.91 Å². The third-order valence-electron chi connectivity index (χ3n) is 3.59. The Hall–Kier alpha value is -1.46. The highest BCUT2D eigenvalue weighted by molar-refractivity contribution is 5.78. The van der Waals surface area contributed by atoms with Gasteiger partial charge in [0.25, 0.3) is 0 Å². The van der Waals surface area contributed by atoms with Crippen LogP contribution in [0.2, 0.25) is 0 Å². The van der Waals surface area contributed by atoms with Crippen molar-refractivity contribution in [3.63, 3.8) is 0 Å². The molecule has 2 N–H and O–H groups in total. The van der Waals surface area contributed by atoms with Crippen molar-refractivity contribution in [2.45, 2.75) is 25.4 Å². The monoisotopic (exact) mass is 262 g/mol. The molecule has 0 aliphatic carbocycles. The summed E-state index contributed by atoms with van der Waals surface area (Å²) in [7, 11) is 1.85. The van der Waals surface area contributed by atoms with Crippen LogP contribution in [0.3, 0.4) is 0 Å². The predicted molar refractivity (Wildman–Crippen MR) is 74.4 cm³/mol. The number of nitrogens with two attached hydrogens (primary N) is 1. The summed E-state index contributed by atoms with van der Waals surface area (Å²) in [5.41, 5.74) is 6.97. The molecular weight excluding hydrogens is 240 g/mol. The number of hydrogen-bond donors (Lipinski definition) is 1. The lowest BCUT2D eigenvalue weighted by Gasteiger charge is -2.30. The largest absolute Gasteiger partial charge is 0.340 e. The van der Waals surface area contributed by atoms with Crippen molar-refractivity contribution in [2.75, 3.05) is 26.7 Å².